The van der Waals surface area contributed by atoms with E-state index in [-0.39, 0.29) is 17.9 Å². The van der Waals surface area contributed by atoms with Crippen molar-refractivity contribution in [3.05, 3.63) is 99.0 Å². The Balaban J connectivity index is 1.57. The number of hydrogen-bond donors (Lipinski definition) is 0. The van der Waals surface area contributed by atoms with E-state index in [1.54, 1.807) is 37.4 Å². The minimum atomic E-state index is -0.247. The number of fused-ring (bicyclic) bond motifs is 1. The highest BCUT2D eigenvalue weighted by atomic mass is 35.5. The normalized spacial score (nSPS) is 20.2. The highest BCUT2D eigenvalue weighted by molar-refractivity contribution is 6.36. The van der Waals surface area contributed by atoms with Gasteiger partial charge < -0.3 is 9.47 Å². The molecule has 5 nitrogen and oxygen atoms in total. The molecule has 0 bridgehead atoms. The number of methoxy groups -OCH3 is 2. The summed E-state index contributed by atoms with van der Waals surface area (Å²) in [5.41, 5.74) is 4.55. The Bertz CT molecular complexity index is 1330. The summed E-state index contributed by atoms with van der Waals surface area (Å²) >= 11 is 12.5. The molecule has 3 aromatic rings. The highest BCUT2D eigenvalue weighted by Crippen LogP contribution is 2.45. The molecule has 184 valence electrons. The number of hydrogen-bond acceptors (Lipinski definition) is 4. The first kappa shape index (κ1) is 24.4. The van der Waals surface area contributed by atoms with E-state index in [0.29, 0.717) is 15.6 Å². The number of ether oxygens (including phenoxy) is 2. The van der Waals surface area contributed by atoms with Gasteiger partial charge in [-0.3, -0.25) is 4.79 Å². The van der Waals surface area contributed by atoms with Crippen LogP contribution >= 0.6 is 23.2 Å². The Morgan fingerprint density at radius 1 is 0.972 bits per heavy atom. The smallest absolute Gasteiger partial charge is 0.276 e. The van der Waals surface area contributed by atoms with Crippen LogP contribution < -0.4 is 9.47 Å². The molecule has 1 aliphatic carbocycles. The van der Waals surface area contributed by atoms with Gasteiger partial charge in [0.2, 0.25) is 0 Å². The fraction of sp³-hybridized carbons (Fsp3) is 0.241. The Labute approximate surface area is 220 Å². The first-order valence-electron chi connectivity index (χ1n) is 11.8. The second-order valence-electron chi connectivity index (χ2n) is 8.92. The van der Waals surface area contributed by atoms with Crippen LogP contribution in [0.2, 0.25) is 10.0 Å². The molecule has 0 spiro atoms. The highest BCUT2D eigenvalue weighted by Gasteiger charge is 2.44. The van der Waals surface area contributed by atoms with Crippen molar-refractivity contribution < 1.29 is 14.3 Å². The number of carbonyl (C=O) groups is 1. The van der Waals surface area contributed by atoms with E-state index in [9.17, 15) is 4.79 Å². The fourth-order valence-corrected chi connectivity index (χ4v) is 5.48. The van der Waals surface area contributed by atoms with E-state index in [1.807, 2.05) is 48.5 Å². The molecular weight excluding hydrogens is 495 g/mol. The summed E-state index contributed by atoms with van der Waals surface area (Å²) in [4.78, 5) is 13.8. The van der Waals surface area contributed by atoms with E-state index in [4.69, 9.17) is 37.8 Å². The van der Waals surface area contributed by atoms with Crippen LogP contribution in [0.4, 0.5) is 0 Å². The number of carbonyl (C=O) groups excluding carboxylic acids is 1. The maximum Gasteiger partial charge on any atom is 0.276 e. The van der Waals surface area contributed by atoms with Gasteiger partial charge in [0.1, 0.15) is 11.5 Å². The standard InChI is InChI=1S/C29H26Cl2N2O3/c1-35-22-11-6-18(7-12-22)16-20-4-3-5-25-27(20)32-33(28(25)19-8-13-23(36-2)14-9-19)29(34)24-15-10-21(30)17-26(24)31/h6-17,25,28H,3-5H2,1-2H3/b20-16-. The number of amides is 1. The lowest BCUT2D eigenvalue weighted by atomic mass is 9.77. The van der Waals surface area contributed by atoms with Crippen molar-refractivity contribution in [1.82, 2.24) is 5.01 Å². The molecule has 5 rings (SSSR count). The number of rotatable bonds is 5. The summed E-state index contributed by atoms with van der Waals surface area (Å²) in [6.07, 6.45) is 5.02. The number of nitrogens with zero attached hydrogens (tertiary/aromatic N) is 2. The van der Waals surface area contributed by atoms with Crippen LogP contribution in [0.15, 0.2) is 77.4 Å². The van der Waals surface area contributed by atoms with Crippen LogP contribution in [-0.4, -0.2) is 30.8 Å². The number of halogens is 2. The predicted molar refractivity (Wildman–Crippen MR) is 144 cm³/mol. The Kier molecular flexibility index (Phi) is 7.04. The molecule has 1 heterocycles. The molecule has 2 unspecified atom stereocenters. The first-order chi connectivity index (χ1) is 17.5. The van der Waals surface area contributed by atoms with Crippen LogP contribution in [0, 0.1) is 5.92 Å². The third-order valence-electron chi connectivity index (χ3n) is 6.79. The molecule has 3 aromatic carbocycles. The van der Waals surface area contributed by atoms with Gasteiger partial charge in [0.25, 0.3) is 5.91 Å². The molecule has 7 heteroatoms. The molecule has 1 amide bonds. The molecule has 0 aromatic heterocycles. The second kappa shape index (κ2) is 10.4. The SMILES string of the molecule is COc1ccc(/C=C2/CCCC3C2=NN(C(=O)c2ccc(Cl)cc2Cl)C3c2ccc(OC)cc2)cc1. The van der Waals surface area contributed by atoms with Gasteiger partial charge in [0, 0.05) is 10.9 Å². The van der Waals surface area contributed by atoms with E-state index >= 15 is 0 Å². The maximum absolute atomic E-state index is 13.8. The third-order valence-corrected chi connectivity index (χ3v) is 7.33. The van der Waals surface area contributed by atoms with E-state index in [0.717, 1.165) is 53.2 Å². The summed E-state index contributed by atoms with van der Waals surface area (Å²) < 4.78 is 10.6. The van der Waals surface area contributed by atoms with E-state index in [2.05, 4.69) is 6.08 Å². The Morgan fingerprint density at radius 3 is 2.28 bits per heavy atom. The maximum atomic E-state index is 13.8. The van der Waals surface area contributed by atoms with Crippen molar-refractivity contribution in [3.63, 3.8) is 0 Å². The second-order valence-corrected chi connectivity index (χ2v) is 9.76. The van der Waals surface area contributed by atoms with Crippen LogP contribution in [-0.2, 0) is 0 Å². The summed E-state index contributed by atoms with van der Waals surface area (Å²) in [5, 5.41) is 7.34. The quantitative estimate of drug-likeness (QED) is 0.351. The molecule has 0 N–H and O–H groups in total. The van der Waals surface area contributed by atoms with Gasteiger partial charge in [-0.05, 0) is 84.5 Å². The summed E-state index contributed by atoms with van der Waals surface area (Å²) in [5.74, 6) is 1.41. The monoisotopic (exact) mass is 520 g/mol. The minimum absolute atomic E-state index is 0.0756. The molecular formula is C29H26Cl2N2O3. The van der Waals surface area contributed by atoms with Gasteiger partial charge in [0.05, 0.1) is 36.6 Å². The summed E-state index contributed by atoms with van der Waals surface area (Å²) in [6.45, 7) is 0. The number of hydrazone groups is 1. The molecule has 2 aliphatic rings. The molecule has 0 saturated heterocycles. The zero-order chi connectivity index (χ0) is 25.2. The van der Waals surface area contributed by atoms with Gasteiger partial charge in [-0.2, -0.15) is 5.10 Å². The first-order valence-corrected chi connectivity index (χ1v) is 12.6. The summed E-state index contributed by atoms with van der Waals surface area (Å²) in [6, 6.07) is 20.5. The topological polar surface area (TPSA) is 51.1 Å². The van der Waals surface area contributed by atoms with Crippen LogP contribution in [0.3, 0.4) is 0 Å². The van der Waals surface area contributed by atoms with Crippen molar-refractivity contribution >= 4 is 40.9 Å². The zero-order valence-corrected chi connectivity index (χ0v) is 21.6. The van der Waals surface area contributed by atoms with E-state index in [1.165, 1.54) is 0 Å². The molecule has 1 saturated carbocycles. The average Bonchev–Trinajstić information content (AvgIpc) is 3.29. The molecule has 0 radical (unpaired) electrons. The number of allylic oxidation sites excluding steroid dienone is 1. The van der Waals surface area contributed by atoms with Crippen molar-refractivity contribution in [3.8, 4) is 11.5 Å². The summed E-state index contributed by atoms with van der Waals surface area (Å²) in [7, 11) is 3.30. The zero-order valence-electron chi connectivity index (χ0n) is 20.1. The average molecular weight is 521 g/mol. The van der Waals surface area contributed by atoms with Crippen molar-refractivity contribution in [2.24, 2.45) is 11.0 Å². The largest absolute Gasteiger partial charge is 0.497 e. The van der Waals surface area contributed by atoms with Crippen LogP contribution in [0.25, 0.3) is 6.08 Å². The Hall–Kier alpha value is -3.28. The lowest BCUT2D eigenvalue weighted by Crippen LogP contribution is -2.32. The fourth-order valence-electron chi connectivity index (χ4n) is 4.99. The van der Waals surface area contributed by atoms with Crippen molar-refractivity contribution in [1.29, 1.82) is 0 Å². The molecule has 36 heavy (non-hydrogen) atoms. The molecule has 2 atom stereocenters. The third kappa shape index (κ3) is 4.73. The van der Waals surface area contributed by atoms with Crippen LogP contribution in [0.1, 0.15) is 46.8 Å². The Morgan fingerprint density at radius 2 is 1.64 bits per heavy atom. The van der Waals surface area contributed by atoms with Gasteiger partial charge in [-0.15, -0.1) is 0 Å². The minimum Gasteiger partial charge on any atom is -0.497 e. The number of benzene rings is 3. The van der Waals surface area contributed by atoms with Gasteiger partial charge in [-0.1, -0.05) is 47.5 Å². The molecule has 1 aliphatic heterocycles. The van der Waals surface area contributed by atoms with Crippen molar-refractivity contribution in [2.75, 3.05) is 14.2 Å². The van der Waals surface area contributed by atoms with E-state index < -0.39 is 0 Å². The van der Waals surface area contributed by atoms with Crippen LogP contribution in [0.5, 0.6) is 11.5 Å². The molecule has 1 fully saturated rings. The van der Waals surface area contributed by atoms with Crippen molar-refractivity contribution in [2.45, 2.75) is 25.3 Å². The van der Waals surface area contributed by atoms with Gasteiger partial charge >= 0.3 is 0 Å². The lowest BCUT2D eigenvalue weighted by Gasteiger charge is -2.30. The predicted octanol–water partition coefficient (Wildman–Crippen LogP) is 7.45. The lowest BCUT2D eigenvalue weighted by molar-refractivity contribution is 0.0681. The van der Waals surface area contributed by atoms with Gasteiger partial charge in [0.15, 0.2) is 0 Å². The van der Waals surface area contributed by atoms with Gasteiger partial charge in [-0.25, -0.2) is 5.01 Å².